The zero-order chi connectivity index (χ0) is 33.4. The van der Waals surface area contributed by atoms with Gasteiger partial charge in [-0.1, -0.05) is 64.6 Å². The monoisotopic (exact) mass is 639 g/mol. The molecule has 3 amide bonds. The second kappa shape index (κ2) is 16.3. The molecule has 10 nitrogen and oxygen atoms in total. The molecule has 1 saturated carbocycles. The molecule has 1 aliphatic carbocycles. The predicted octanol–water partition coefficient (Wildman–Crippen LogP) is 5.51. The lowest BCUT2D eigenvalue weighted by Crippen LogP contribution is -2.55. The number of Topliss-reactive ketones (excluding diaryl/α,β-unsaturated/α-hetero) is 1. The van der Waals surface area contributed by atoms with Gasteiger partial charge < -0.3 is 25.0 Å². The highest BCUT2D eigenvalue weighted by molar-refractivity contribution is 6.01. The number of carbonyl (C=O) groups excluding carboxylic acids is 4. The Morgan fingerprint density at radius 3 is 2.30 bits per heavy atom. The number of amides is 3. The van der Waals surface area contributed by atoms with Crippen LogP contribution in [0.3, 0.4) is 0 Å². The highest BCUT2D eigenvalue weighted by Gasteiger charge is 2.35. The molecular weight excluding hydrogens is 589 g/mol. The van der Waals surface area contributed by atoms with E-state index in [1.54, 1.807) is 24.8 Å². The number of piperazine rings is 1. The maximum atomic E-state index is 15.7. The van der Waals surface area contributed by atoms with E-state index < -0.39 is 23.7 Å². The zero-order valence-corrected chi connectivity index (χ0v) is 27.9. The van der Waals surface area contributed by atoms with Gasteiger partial charge in [-0.2, -0.15) is 0 Å². The summed E-state index contributed by atoms with van der Waals surface area (Å²) in [6, 6.07) is 3.65. The van der Waals surface area contributed by atoms with Crippen LogP contribution in [0.25, 0.3) is 0 Å². The third-order valence-corrected chi connectivity index (χ3v) is 9.65. The van der Waals surface area contributed by atoms with Crippen LogP contribution in [0.5, 0.6) is 0 Å². The number of hydrogen-bond acceptors (Lipinski definition) is 7. The number of nitrogens with zero attached hydrogens (tertiary/aromatic N) is 3. The molecule has 0 bridgehead atoms. The van der Waals surface area contributed by atoms with Crippen molar-refractivity contribution < 1.29 is 28.1 Å². The van der Waals surface area contributed by atoms with Gasteiger partial charge in [-0.15, -0.1) is 0 Å². The Balaban J connectivity index is 1.53. The molecule has 1 aromatic carbocycles. The number of nitrogens with one attached hydrogen (secondary N) is 2. The van der Waals surface area contributed by atoms with Gasteiger partial charge in [0.25, 0.3) is 0 Å². The summed E-state index contributed by atoms with van der Waals surface area (Å²) in [4.78, 5) is 57.1. The molecule has 1 saturated heterocycles. The average Bonchev–Trinajstić information content (AvgIpc) is 3.40. The van der Waals surface area contributed by atoms with Crippen LogP contribution in [0.1, 0.15) is 113 Å². The number of likely N-dealkylation sites (N-methyl/N-ethyl adjacent to an activating group) is 1. The Morgan fingerprint density at radius 2 is 1.70 bits per heavy atom. The molecule has 46 heavy (non-hydrogen) atoms. The molecule has 1 aromatic heterocycles. The smallest absolute Gasteiger partial charge is 0.245 e. The van der Waals surface area contributed by atoms with Crippen LogP contribution in [0.15, 0.2) is 29.0 Å². The average molecular weight is 640 g/mol. The normalized spacial score (nSPS) is 18.5. The Morgan fingerprint density at radius 1 is 1.02 bits per heavy atom. The van der Waals surface area contributed by atoms with Gasteiger partial charge in [0, 0.05) is 50.9 Å². The molecule has 2 heterocycles. The van der Waals surface area contributed by atoms with Crippen LogP contribution in [0.4, 0.5) is 10.1 Å². The molecular formula is C35H50FN5O5. The molecule has 2 aromatic rings. The first-order chi connectivity index (χ1) is 22.0. The van der Waals surface area contributed by atoms with Crippen molar-refractivity contribution in [2.24, 2.45) is 11.8 Å². The minimum absolute atomic E-state index is 0.000288. The number of anilines is 1. The van der Waals surface area contributed by atoms with Crippen molar-refractivity contribution in [3.8, 4) is 0 Å². The van der Waals surface area contributed by atoms with E-state index in [-0.39, 0.29) is 53.9 Å². The Kier molecular flexibility index (Phi) is 12.5. The van der Waals surface area contributed by atoms with Crippen LogP contribution >= 0.6 is 0 Å². The molecule has 2 fully saturated rings. The van der Waals surface area contributed by atoms with Gasteiger partial charge >= 0.3 is 0 Å². The van der Waals surface area contributed by atoms with Crippen molar-refractivity contribution >= 4 is 29.2 Å². The van der Waals surface area contributed by atoms with E-state index in [9.17, 15) is 19.2 Å². The van der Waals surface area contributed by atoms with Crippen LogP contribution in [0, 0.1) is 17.7 Å². The molecule has 0 unspecified atom stereocenters. The van der Waals surface area contributed by atoms with Crippen molar-refractivity contribution in [3.05, 3.63) is 47.1 Å². The molecule has 0 radical (unpaired) electrons. The molecule has 2 N–H and O–H groups in total. The van der Waals surface area contributed by atoms with Crippen LogP contribution in [0.2, 0.25) is 0 Å². The number of carbonyl (C=O) groups is 4. The first kappa shape index (κ1) is 35.3. The maximum Gasteiger partial charge on any atom is 0.245 e. The Hall–Kier alpha value is -3.60. The van der Waals surface area contributed by atoms with E-state index in [1.165, 1.54) is 18.4 Å². The minimum Gasteiger partial charge on any atom is -0.364 e. The third-order valence-electron chi connectivity index (χ3n) is 9.65. The molecule has 1 aliphatic heterocycles. The number of benzene rings is 1. The molecule has 11 heteroatoms. The largest absolute Gasteiger partial charge is 0.364 e. The first-order valence-electron chi connectivity index (χ1n) is 16.8. The number of aromatic nitrogens is 1. The van der Waals surface area contributed by atoms with Gasteiger partial charge in [-0.25, -0.2) is 4.39 Å². The zero-order valence-electron chi connectivity index (χ0n) is 27.9. The summed E-state index contributed by atoms with van der Waals surface area (Å²) < 4.78 is 20.8. The van der Waals surface area contributed by atoms with Crippen molar-refractivity contribution in [2.75, 3.05) is 38.5 Å². The van der Waals surface area contributed by atoms with Crippen molar-refractivity contribution in [1.29, 1.82) is 0 Å². The fourth-order valence-electron chi connectivity index (χ4n) is 6.60. The van der Waals surface area contributed by atoms with Gasteiger partial charge in [0.15, 0.2) is 5.78 Å². The van der Waals surface area contributed by atoms with E-state index >= 15 is 4.39 Å². The topological polar surface area (TPSA) is 125 Å². The number of halogens is 1. The fraction of sp³-hybridized carbons (Fsp3) is 0.629. The van der Waals surface area contributed by atoms with Crippen molar-refractivity contribution in [2.45, 2.75) is 96.9 Å². The third kappa shape index (κ3) is 8.80. The van der Waals surface area contributed by atoms with Crippen LogP contribution in [-0.4, -0.2) is 77.7 Å². The molecule has 3 atom stereocenters. The van der Waals surface area contributed by atoms with Crippen LogP contribution in [-0.2, 0) is 14.4 Å². The standard InChI is InChI=1S/C35H50FN5O5/c1-6-31(43)38-33(35(45)41-17-15-40(5)16-18-41)23(4)25-13-14-29(28(36)19-25)37-34(44)26(24-11-9-7-8-10-12-24)20-30(42)27-21-46-39-32(27)22(2)3/h13-14,19,21-24,26,33H,6-12,15-18,20H2,1-5H3,(H,37,44)(H,38,43)/t23-,26-,33+/m0/s1. The van der Waals surface area contributed by atoms with Crippen molar-refractivity contribution in [1.82, 2.24) is 20.3 Å². The molecule has 2 aliphatic rings. The summed E-state index contributed by atoms with van der Waals surface area (Å²) >= 11 is 0. The quantitative estimate of drug-likeness (QED) is 0.232. The van der Waals surface area contributed by atoms with E-state index in [1.807, 2.05) is 20.9 Å². The molecule has 0 spiro atoms. The minimum atomic E-state index is -0.852. The summed E-state index contributed by atoms with van der Waals surface area (Å²) in [5.74, 6) is -2.84. The van der Waals surface area contributed by atoms with Gasteiger partial charge in [0.1, 0.15) is 18.1 Å². The van der Waals surface area contributed by atoms with E-state index in [2.05, 4.69) is 20.7 Å². The highest BCUT2D eigenvalue weighted by atomic mass is 19.1. The number of ketones is 1. The lowest BCUT2D eigenvalue weighted by atomic mass is 9.81. The highest BCUT2D eigenvalue weighted by Crippen LogP contribution is 2.34. The van der Waals surface area contributed by atoms with E-state index in [4.69, 9.17) is 4.52 Å². The Bertz CT molecular complexity index is 1360. The Labute approximate surface area is 271 Å². The predicted molar refractivity (Wildman–Crippen MR) is 174 cm³/mol. The second-order valence-electron chi connectivity index (χ2n) is 13.3. The SMILES string of the molecule is CCC(=O)N[C@@H](C(=O)N1CCN(C)CC1)[C@@H](C)c1ccc(NC(=O)[C@@H](CC(=O)c2conc2C(C)C)C2CCCCCC2)c(F)c1. The summed E-state index contributed by atoms with van der Waals surface area (Å²) in [5, 5.41) is 9.63. The van der Waals surface area contributed by atoms with Crippen LogP contribution < -0.4 is 10.6 Å². The lowest BCUT2D eigenvalue weighted by molar-refractivity contribution is -0.138. The van der Waals surface area contributed by atoms with Gasteiger partial charge in [0.05, 0.1) is 16.9 Å². The van der Waals surface area contributed by atoms with Crippen molar-refractivity contribution in [3.63, 3.8) is 0 Å². The summed E-state index contributed by atoms with van der Waals surface area (Å²) in [6.07, 6.45) is 7.37. The maximum absolute atomic E-state index is 15.7. The lowest BCUT2D eigenvalue weighted by Gasteiger charge is -2.36. The molecule has 4 rings (SSSR count). The first-order valence-corrected chi connectivity index (χ1v) is 16.8. The molecule has 252 valence electrons. The van der Waals surface area contributed by atoms with Gasteiger partial charge in [-0.3, -0.25) is 19.2 Å². The number of rotatable bonds is 12. The number of hydrogen-bond donors (Lipinski definition) is 2. The van der Waals surface area contributed by atoms with E-state index in [0.717, 1.165) is 51.6 Å². The summed E-state index contributed by atoms with van der Waals surface area (Å²) in [7, 11) is 2.00. The van der Waals surface area contributed by atoms with Gasteiger partial charge in [-0.05, 0) is 49.4 Å². The summed E-state index contributed by atoms with van der Waals surface area (Å²) in [5.41, 5.74) is 1.50. The summed E-state index contributed by atoms with van der Waals surface area (Å²) in [6.45, 7) is 9.97. The fourth-order valence-corrected chi connectivity index (χ4v) is 6.60. The van der Waals surface area contributed by atoms with Gasteiger partial charge in [0.2, 0.25) is 17.7 Å². The van der Waals surface area contributed by atoms with E-state index in [0.29, 0.717) is 29.9 Å². The second-order valence-corrected chi connectivity index (χ2v) is 13.3.